The first kappa shape index (κ1) is 19.5. The van der Waals surface area contributed by atoms with Crippen LogP contribution in [0.4, 0.5) is 19.0 Å². The Morgan fingerprint density at radius 3 is 2.38 bits per heavy atom. The molecule has 140 valence electrons. The molecule has 12 heteroatoms. The molecule has 1 aromatic heterocycles. The van der Waals surface area contributed by atoms with Gasteiger partial charge >= 0.3 is 17.8 Å². The molecule has 0 bridgehead atoms. The number of aliphatic hydroxyl groups is 1. The van der Waals surface area contributed by atoms with Crippen molar-refractivity contribution in [3.8, 4) is 5.69 Å². The molecule has 0 fully saturated rings. The number of nitrogens with zero attached hydrogens (tertiary/aromatic N) is 1. The number of hydrogen-bond donors (Lipinski definition) is 3. The topological polar surface area (TPSA) is 127 Å². The Hall–Kier alpha value is -2.79. The van der Waals surface area contributed by atoms with E-state index in [2.05, 4.69) is 4.74 Å². The Morgan fingerprint density at radius 1 is 1.31 bits per heavy atom. The highest BCUT2D eigenvalue weighted by molar-refractivity contribution is 6.32. The number of halogens is 4. The summed E-state index contributed by atoms with van der Waals surface area (Å²) in [7, 11) is 0.577. The van der Waals surface area contributed by atoms with Crippen LogP contribution in [-0.2, 0) is 15.1 Å². The maximum absolute atomic E-state index is 13.4. The van der Waals surface area contributed by atoms with Gasteiger partial charge in [-0.25, -0.2) is 14.2 Å². The minimum atomic E-state index is -5.68. The second-order valence-electron chi connectivity index (χ2n) is 5.01. The number of H-pyrrole nitrogens is 1. The Morgan fingerprint density at radius 2 is 1.88 bits per heavy atom. The molecule has 0 aliphatic heterocycles. The number of alkyl halides is 3. The smallest absolute Gasteiger partial charge is 0.432 e. The summed E-state index contributed by atoms with van der Waals surface area (Å²) in [5.41, 5.74) is -3.55. The lowest BCUT2D eigenvalue weighted by molar-refractivity contribution is -0.267. The molecule has 1 unspecified atom stereocenters. The molecule has 2 aromatic rings. The second-order valence-corrected chi connectivity index (χ2v) is 5.41. The third-order valence-corrected chi connectivity index (χ3v) is 3.81. The molecule has 0 saturated heterocycles. The number of esters is 1. The van der Waals surface area contributed by atoms with E-state index >= 15 is 0 Å². The predicted octanol–water partition coefficient (Wildman–Crippen LogP) is 0.684. The highest BCUT2D eigenvalue weighted by Crippen LogP contribution is 2.40. The molecule has 2 rings (SSSR count). The second kappa shape index (κ2) is 6.50. The Bertz CT molecular complexity index is 985. The van der Waals surface area contributed by atoms with Crippen LogP contribution in [0, 0.1) is 0 Å². The van der Waals surface area contributed by atoms with E-state index in [4.69, 9.17) is 17.3 Å². The van der Waals surface area contributed by atoms with E-state index in [0.29, 0.717) is 11.7 Å². The number of para-hydroxylation sites is 1. The van der Waals surface area contributed by atoms with Crippen molar-refractivity contribution in [1.29, 1.82) is 0 Å². The van der Waals surface area contributed by atoms with Crippen LogP contribution in [0.3, 0.4) is 0 Å². The van der Waals surface area contributed by atoms with E-state index < -0.39 is 40.4 Å². The largest absolute Gasteiger partial charge is 0.466 e. The van der Waals surface area contributed by atoms with Gasteiger partial charge in [-0.2, -0.15) is 13.2 Å². The zero-order valence-corrected chi connectivity index (χ0v) is 13.7. The van der Waals surface area contributed by atoms with E-state index in [9.17, 15) is 32.7 Å². The summed E-state index contributed by atoms with van der Waals surface area (Å²) >= 11 is 5.91. The van der Waals surface area contributed by atoms with Crippen molar-refractivity contribution < 1.29 is 27.8 Å². The first-order valence-corrected chi connectivity index (χ1v) is 7.12. The molecule has 1 heterocycles. The number of anilines is 1. The van der Waals surface area contributed by atoms with Crippen LogP contribution in [0.15, 0.2) is 33.9 Å². The van der Waals surface area contributed by atoms with Crippen LogP contribution in [0.1, 0.15) is 5.56 Å². The number of rotatable bonds is 3. The lowest BCUT2D eigenvalue weighted by Crippen LogP contribution is -2.54. The van der Waals surface area contributed by atoms with E-state index in [1.165, 1.54) is 24.3 Å². The minimum absolute atomic E-state index is 0.0899. The number of ether oxygens (including phenoxy) is 1. The highest BCUT2D eigenvalue weighted by Gasteiger charge is 2.64. The Kier molecular flexibility index (Phi) is 4.88. The molecule has 8 nitrogen and oxygen atoms in total. The molecule has 1 atom stereocenters. The zero-order valence-electron chi connectivity index (χ0n) is 12.9. The maximum Gasteiger partial charge on any atom is 0.432 e. The molecule has 0 saturated carbocycles. The fraction of sp³-hybridized carbons (Fsp3) is 0.214. The molecule has 0 radical (unpaired) electrons. The first-order chi connectivity index (χ1) is 12.0. The van der Waals surface area contributed by atoms with Crippen molar-refractivity contribution in [3.63, 3.8) is 0 Å². The number of benzene rings is 1. The summed E-state index contributed by atoms with van der Waals surface area (Å²) in [6.45, 7) is 0. The van der Waals surface area contributed by atoms with Crippen molar-refractivity contribution in [2.75, 3.05) is 12.8 Å². The van der Waals surface area contributed by atoms with Crippen molar-refractivity contribution in [2.24, 2.45) is 0 Å². The van der Waals surface area contributed by atoms with Gasteiger partial charge in [0.2, 0.25) is 0 Å². The number of carbonyl (C=O) groups excluding carboxylic acids is 1. The van der Waals surface area contributed by atoms with Gasteiger partial charge < -0.3 is 15.6 Å². The number of nitrogen functional groups attached to an aromatic ring is 1. The molecule has 0 aliphatic rings. The number of methoxy groups -OCH3 is 1. The molecule has 0 spiro atoms. The summed E-state index contributed by atoms with van der Waals surface area (Å²) in [5.74, 6) is -3.33. The van der Waals surface area contributed by atoms with Gasteiger partial charge in [0.25, 0.3) is 11.2 Å². The highest BCUT2D eigenvalue weighted by atomic mass is 35.5. The van der Waals surface area contributed by atoms with Gasteiger partial charge in [0.1, 0.15) is 11.4 Å². The fourth-order valence-corrected chi connectivity index (χ4v) is 2.50. The monoisotopic (exact) mass is 393 g/mol. The van der Waals surface area contributed by atoms with Gasteiger partial charge in [0, 0.05) is 0 Å². The molecule has 0 amide bonds. The van der Waals surface area contributed by atoms with E-state index in [1.54, 1.807) is 4.98 Å². The number of nitrogens with one attached hydrogen (secondary N) is 1. The van der Waals surface area contributed by atoms with Crippen LogP contribution in [0.2, 0.25) is 5.02 Å². The van der Waals surface area contributed by atoms with E-state index in [-0.39, 0.29) is 10.7 Å². The van der Waals surface area contributed by atoms with Gasteiger partial charge in [-0.15, -0.1) is 0 Å². The predicted molar refractivity (Wildman–Crippen MR) is 84.0 cm³/mol. The van der Waals surface area contributed by atoms with Crippen molar-refractivity contribution >= 4 is 23.4 Å². The van der Waals surface area contributed by atoms with Gasteiger partial charge in [-0.3, -0.25) is 9.78 Å². The number of carbonyl (C=O) groups is 1. The molecule has 26 heavy (non-hydrogen) atoms. The molecule has 0 aliphatic carbocycles. The van der Waals surface area contributed by atoms with Crippen LogP contribution in [-0.4, -0.2) is 33.9 Å². The van der Waals surface area contributed by atoms with Crippen LogP contribution in [0.25, 0.3) is 5.69 Å². The fourth-order valence-electron chi connectivity index (χ4n) is 2.28. The SMILES string of the molecule is COC(=O)C(O)(c1c(N)n(-c2ccccc2Cl)c(=O)[nH]c1=O)C(F)(F)F. The van der Waals surface area contributed by atoms with Crippen molar-refractivity contribution in [3.05, 3.63) is 55.7 Å². The van der Waals surface area contributed by atoms with Crippen molar-refractivity contribution in [2.45, 2.75) is 11.8 Å². The number of hydrogen-bond acceptors (Lipinski definition) is 6. The van der Waals surface area contributed by atoms with Gasteiger partial charge in [0.05, 0.1) is 17.8 Å². The summed E-state index contributed by atoms with van der Waals surface area (Å²) < 4.78 is 44.7. The normalized spacial score (nSPS) is 13.9. The lowest BCUT2D eigenvalue weighted by atomic mass is 9.94. The van der Waals surface area contributed by atoms with Crippen LogP contribution >= 0.6 is 11.6 Å². The summed E-state index contributed by atoms with van der Waals surface area (Å²) in [5, 5.41) is 9.94. The van der Waals surface area contributed by atoms with Gasteiger partial charge in [-0.05, 0) is 12.1 Å². The average molecular weight is 394 g/mol. The summed E-state index contributed by atoms with van der Waals surface area (Å²) in [6, 6.07) is 5.41. The van der Waals surface area contributed by atoms with Crippen LogP contribution in [0.5, 0.6) is 0 Å². The lowest BCUT2D eigenvalue weighted by Gasteiger charge is -2.28. The molecular weight excluding hydrogens is 383 g/mol. The van der Waals surface area contributed by atoms with Gasteiger partial charge in [-0.1, -0.05) is 23.7 Å². The number of nitrogens with two attached hydrogens (primary N) is 1. The number of aromatic nitrogens is 2. The first-order valence-electron chi connectivity index (χ1n) is 6.74. The summed E-state index contributed by atoms with van der Waals surface area (Å²) in [6.07, 6.45) is -5.68. The quantitative estimate of drug-likeness (QED) is 0.658. The van der Waals surface area contributed by atoms with E-state index in [0.717, 1.165) is 0 Å². The Balaban J connectivity index is 2.98. The van der Waals surface area contributed by atoms with E-state index in [1.807, 2.05) is 0 Å². The third-order valence-electron chi connectivity index (χ3n) is 3.49. The minimum Gasteiger partial charge on any atom is -0.466 e. The van der Waals surface area contributed by atoms with Gasteiger partial charge in [0.15, 0.2) is 0 Å². The number of aromatic amines is 1. The summed E-state index contributed by atoms with van der Waals surface area (Å²) in [4.78, 5) is 37.3. The maximum atomic E-state index is 13.4. The zero-order chi connectivity index (χ0) is 19.9. The Labute approximate surface area is 147 Å². The van der Waals surface area contributed by atoms with Crippen LogP contribution < -0.4 is 17.0 Å². The molecule has 1 aromatic carbocycles. The standard InChI is InChI=1S/C14H11ClF3N3O5/c1-26-11(23)13(25,14(16,17)18)8-9(19)21(12(24)20-10(8)22)7-5-3-2-4-6(7)15/h2-5,25H,19H2,1H3,(H,20,22,24). The van der Waals surface area contributed by atoms with Crippen molar-refractivity contribution in [1.82, 2.24) is 9.55 Å². The average Bonchev–Trinajstić information content (AvgIpc) is 2.54. The third kappa shape index (κ3) is 2.84. The molecule has 4 N–H and O–H groups in total. The molecular formula is C14H11ClF3N3O5.